The van der Waals surface area contributed by atoms with Crippen LogP contribution < -0.4 is 0 Å². The van der Waals surface area contributed by atoms with Crippen molar-refractivity contribution in [2.24, 2.45) is 0 Å². The van der Waals surface area contributed by atoms with Gasteiger partial charge < -0.3 is 4.57 Å². The fraction of sp³-hybridized carbons (Fsp3) is 0.368. The molecule has 1 saturated heterocycles. The average molecular weight is 388 g/mol. The van der Waals surface area contributed by atoms with Crippen LogP contribution in [0.3, 0.4) is 0 Å². The molecular formula is C19H21FN4O2S. The third kappa shape index (κ3) is 3.12. The first-order valence-corrected chi connectivity index (χ1v) is 10.4. The van der Waals surface area contributed by atoms with Crippen molar-refractivity contribution in [3.8, 4) is 0 Å². The molecular weight excluding hydrogens is 367 g/mol. The Labute approximate surface area is 157 Å². The van der Waals surface area contributed by atoms with E-state index in [1.807, 2.05) is 6.07 Å². The summed E-state index contributed by atoms with van der Waals surface area (Å²) in [4.78, 5) is 9.08. The van der Waals surface area contributed by atoms with E-state index in [1.54, 1.807) is 12.4 Å². The lowest BCUT2D eigenvalue weighted by atomic mass is 10.1. The molecule has 0 radical (unpaired) electrons. The molecule has 142 valence electrons. The van der Waals surface area contributed by atoms with Gasteiger partial charge >= 0.3 is 0 Å². The second kappa shape index (κ2) is 6.69. The Balaban J connectivity index is 1.66. The van der Waals surface area contributed by atoms with Gasteiger partial charge in [0.2, 0.25) is 10.0 Å². The highest BCUT2D eigenvalue weighted by atomic mass is 32.2. The first kappa shape index (κ1) is 18.1. The number of pyridine rings is 1. The molecule has 27 heavy (non-hydrogen) atoms. The van der Waals surface area contributed by atoms with Gasteiger partial charge in [0.05, 0.1) is 22.1 Å². The van der Waals surface area contributed by atoms with Crippen LogP contribution in [0.2, 0.25) is 0 Å². The van der Waals surface area contributed by atoms with Crippen molar-refractivity contribution in [3.05, 3.63) is 54.4 Å². The Bertz CT molecular complexity index is 1080. The van der Waals surface area contributed by atoms with Gasteiger partial charge in [-0.2, -0.15) is 4.31 Å². The van der Waals surface area contributed by atoms with E-state index in [1.165, 1.54) is 28.6 Å². The minimum Gasteiger partial charge on any atom is -0.324 e. The minimum atomic E-state index is -3.64. The number of benzene rings is 1. The third-order valence-electron chi connectivity index (χ3n) is 5.00. The van der Waals surface area contributed by atoms with E-state index in [-0.39, 0.29) is 16.9 Å². The van der Waals surface area contributed by atoms with Crippen molar-refractivity contribution in [1.82, 2.24) is 18.8 Å². The quantitative estimate of drug-likeness (QED) is 0.688. The van der Waals surface area contributed by atoms with Crippen LogP contribution in [0.5, 0.6) is 0 Å². The molecule has 1 aliphatic rings. The van der Waals surface area contributed by atoms with Crippen LogP contribution in [0.4, 0.5) is 4.39 Å². The molecule has 1 fully saturated rings. The number of halogens is 1. The molecule has 3 heterocycles. The van der Waals surface area contributed by atoms with Crippen LogP contribution in [-0.2, 0) is 10.0 Å². The first-order chi connectivity index (χ1) is 12.9. The summed E-state index contributed by atoms with van der Waals surface area (Å²) in [6, 6.07) is 7.04. The molecule has 1 atom stereocenters. The zero-order valence-electron chi connectivity index (χ0n) is 15.2. The van der Waals surface area contributed by atoms with Gasteiger partial charge in [0.15, 0.2) is 0 Å². The van der Waals surface area contributed by atoms with E-state index < -0.39 is 15.8 Å². The summed E-state index contributed by atoms with van der Waals surface area (Å²) in [7, 11) is -3.64. The predicted octanol–water partition coefficient (Wildman–Crippen LogP) is 3.33. The summed E-state index contributed by atoms with van der Waals surface area (Å²) in [5, 5.41) is 0. The Morgan fingerprint density at radius 2 is 1.93 bits per heavy atom. The molecule has 0 N–H and O–H groups in total. The molecule has 0 amide bonds. The van der Waals surface area contributed by atoms with Gasteiger partial charge in [-0.3, -0.25) is 4.98 Å². The summed E-state index contributed by atoms with van der Waals surface area (Å²) < 4.78 is 42.5. The molecule has 0 aliphatic carbocycles. The lowest BCUT2D eigenvalue weighted by Gasteiger charge is -2.18. The number of imidazole rings is 1. The fourth-order valence-electron chi connectivity index (χ4n) is 3.70. The topological polar surface area (TPSA) is 68.1 Å². The molecule has 4 rings (SSSR count). The molecule has 6 nitrogen and oxygen atoms in total. The Hall–Kier alpha value is -2.32. The molecule has 1 aliphatic heterocycles. The zero-order valence-corrected chi connectivity index (χ0v) is 16.0. The SMILES string of the molecule is CC(C)n1c(C2CCN(S(=O)(=O)c3ccc(F)cc3)C2)nc2ccncc21. The van der Waals surface area contributed by atoms with Crippen LogP contribution in [-0.4, -0.2) is 40.3 Å². The van der Waals surface area contributed by atoms with Gasteiger partial charge in [-0.05, 0) is 50.6 Å². The predicted molar refractivity (Wildman–Crippen MR) is 100 cm³/mol. The van der Waals surface area contributed by atoms with Gasteiger partial charge in [-0.25, -0.2) is 17.8 Å². The van der Waals surface area contributed by atoms with Crippen LogP contribution in [0.1, 0.15) is 38.1 Å². The van der Waals surface area contributed by atoms with Crippen LogP contribution in [0, 0.1) is 5.82 Å². The number of sulfonamides is 1. The molecule has 2 aromatic heterocycles. The number of hydrogen-bond acceptors (Lipinski definition) is 4. The number of hydrogen-bond donors (Lipinski definition) is 0. The molecule has 0 spiro atoms. The van der Waals surface area contributed by atoms with Crippen LogP contribution in [0.25, 0.3) is 11.0 Å². The fourth-order valence-corrected chi connectivity index (χ4v) is 5.20. The van der Waals surface area contributed by atoms with Crippen molar-refractivity contribution in [2.45, 2.75) is 37.1 Å². The lowest BCUT2D eigenvalue weighted by Crippen LogP contribution is -2.29. The molecule has 8 heteroatoms. The van der Waals surface area contributed by atoms with Gasteiger partial charge in [0.25, 0.3) is 0 Å². The Morgan fingerprint density at radius 3 is 2.63 bits per heavy atom. The van der Waals surface area contributed by atoms with Crippen molar-refractivity contribution in [1.29, 1.82) is 0 Å². The molecule has 3 aromatic rings. The highest BCUT2D eigenvalue weighted by Gasteiger charge is 2.35. The smallest absolute Gasteiger partial charge is 0.243 e. The van der Waals surface area contributed by atoms with Gasteiger partial charge in [-0.1, -0.05) is 0 Å². The van der Waals surface area contributed by atoms with E-state index in [2.05, 4.69) is 23.4 Å². The van der Waals surface area contributed by atoms with E-state index in [0.29, 0.717) is 19.5 Å². The first-order valence-electron chi connectivity index (χ1n) is 8.95. The second-order valence-electron chi connectivity index (χ2n) is 7.10. The zero-order chi connectivity index (χ0) is 19.2. The number of fused-ring (bicyclic) bond motifs is 1. The second-order valence-corrected chi connectivity index (χ2v) is 9.04. The van der Waals surface area contributed by atoms with Gasteiger partial charge in [0, 0.05) is 31.2 Å². The van der Waals surface area contributed by atoms with E-state index >= 15 is 0 Å². The maximum absolute atomic E-state index is 13.1. The molecule has 0 bridgehead atoms. The van der Waals surface area contributed by atoms with Crippen molar-refractivity contribution < 1.29 is 12.8 Å². The maximum Gasteiger partial charge on any atom is 0.243 e. The van der Waals surface area contributed by atoms with Crippen LogP contribution in [0.15, 0.2) is 47.6 Å². The third-order valence-corrected chi connectivity index (χ3v) is 6.88. The van der Waals surface area contributed by atoms with E-state index in [9.17, 15) is 12.8 Å². The lowest BCUT2D eigenvalue weighted by molar-refractivity contribution is 0.466. The van der Waals surface area contributed by atoms with Gasteiger partial charge in [-0.15, -0.1) is 0 Å². The van der Waals surface area contributed by atoms with Crippen molar-refractivity contribution in [3.63, 3.8) is 0 Å². The van der Waals surface area contributed by atoms with Crippen molar-refractivity contribution in [2.75, 3.05) is 13.1 Å². The van der Waals surface area contributed by atoms with E-state index in [4.69, 9.17) is 4.98 Å². The maximum atomic E-state index is 13.1. The monoisotopic (exact) mass is 388 g/mol. The highest BCUT2D eigenvalue weighted by Crippen LogP contribution is 2.33. The van der Waals surface area contributed by atoms with Crippen molar-refractivity contribution >= 4 is 21.1 Å². The Morgan fingerprint density at radius 1 is 1.19 bits per heavy atom. The molecule has 1 aromatic carbocycles. The number of nitrogens with zero attached hydrogens (tertiary/aromatic N) is 4. The molecule has 0 saturated carbocycles. The summed E-state index contributed by atoms with van der Waals surface area (Å²) in [6.45, 7) is 4.95. The summed E-state index contributed by atoms with van der Waals surface area (Å²) in [5.41, 5.74) is 1.83. The summed E-state index contributed by atoms with van der Waals surface area (Å²) in [6.07, 6.45) is 4.21. The number of aromatic nitrogens is 3. The van der Waals surface area contributed by atoms with Crippen LogP contribution >= 0.6 is 0 Å². The van der Waals surface area contributed by atoms with E-state index in [0.717, 1.165) is 16.9 Å². The Kier molecular flexibility index (Phi) is 4.47. The normalized spacial score (nSPS) is 18.6. The standard InChI is InChI=1S/C19H21FN4O2S/c1-13(2)24-18-11-21-9-7-17(18)22-19(24)14-8-10-23(12-14)27(25,26)16-5-3-15(20)4-6-16/h3-7,9,11,13-14H,8,10,12H2,1-2H3. The average Bonchev–Trinajstić information content (AvgIpc) is 3.27. The number of rotatable bonds is 4. The minimum absolute atomic E-state index is 0.00928. The highest BCUT2D eigenvalue weighted by molar-refractivity contribution is 7.89. The summed E-state index contributed by atoms with van der Waals surface area (Å²) in [5.74, 6) is 0.451. The summed E-state index contributed by atoms with van der Waals surface area (Å²) >= 11 is 0. The molecule has 1 unspecified atom stereocenters. The largest absolute Gasteiger partial charge is 0.324 e. The van der Waals surface area contributed by atoms with Gasteiger partial charge in [0.1, 0.15) is 11.6 Å².